The fourth-order valence-electron chi connectivity index (χ4n) is 3.19. The lowest BCUT2D eigenvalue weighted by molar-refractivity contribution is 0.0619. The van der Waals surface area contributed by atoms with Crippen LogP contribution >= 0.6 is 0 Å². The van der Waals surface area contributed by atoms with Crippen LogP contribution in [0.5, 0.6) is 0 Å². The topological polar surface area (TPSA) is 91.5 Å². The molecule has 1 aliphatic heterocycles. The van der Waals surface area contributed by atoms with E-state index in [2.05, 4.69) is 43.9 Å². The molecule has 27 heavy (non-hydrogen) atoms. The summed E-state index contributed by atoms with van der Waals surface area (Å²) in [5.74, 6) is 0.587. The Labute approximate surface area is 159 Å². The number of aromatic nitrogens is 4. The molecule has 2 aromatic heterocycles. The number of hydrogen-bond donors (Lipinski definition) is 0. The Morgan fingerprint density at radius 2 is 1.81 bits per heavy atom. The molecule has 9 heteroatoms. The van der Waals surface area contributed by atoms with Crippen LogP contribution < -0.4 is 4.90 Å². The number of rotatable bonds is 6. The fraction of sp³-hybridized carbons (Fsp3) is 0.611. The maximum absolute atomic E-state index is 12.9. The van der Waals surface area contributed by atoms with E-state index in [1.54, 1.807) is 6.07 Å². The molecule has 3 heterocycles. The highest BCUT2D eigenvalue weighted by molar-refractivity contribution is 5.92. The van der Waals surface area contributed by atoms with Gasteiger partial charge in [0.05, 0.1) is 0 Å². The molecule has 0 aliphatic carbocycles. The highest BCUT2D eigenvalue weighted by Crippen LogP contribution is 2.14. The van der Waals surface area contributed by atoms with E-state index >= 15 is 0 Å². The summed E-state index contributed by atoms with van der Waals surface area (Å²) in [4.78, 5) is 28.1. The molecular weight excluding hydrogens is 346 g/mol. The maximum Gasteiger partial charge on any atom is 0.272 e. The number of aryl methyl sites for hydroxylation is 2. The smallest absolute Gasteiger partial charge is 0.272 e. The Morgan fingerprint density at radius 3 is 2.41 bits per heavy atom. The van der Waals surface area contributed by atoms with Crippen LogP contribution in [0.1, 0.15) is 41.4 Å². The van der Waals surface area contributed by atoms with E-state index in [0.29, 0.717) is 31.3 Å². The van der Waals surface area contributed by atoms with E-state index < -0.39 is 0 Å². The first kappa shape index (κ1) is 19.2. The lowest BCUT2D eigenvalue weighted by Crippen LogP contribution is -2.48. The van der Waals surface area contributed by atoms with Crippen molar-refractivity contribution in [3.63, 3.8) is 0 Å². The normalized spacial score (nSPS) is 15.2. The molecular formula is C18H27N7O2. The summed E-state index contributed by atoms with van der Waals surface area (Å²) in [6, 6.07) is 1.77. The van der Waals surface area contributed by atoms with Gasteiger partial charge in [-0.1, -0.05) is 10.3 Å². The third-order valence-electron chi connectivity index (χ3n) is 4.89. The van der Waals surface area contributed by atoms with Crippen LogP contribution in [0, 0.1) is 13.8 Å². The minimum atomic E-state index is -0.0344. The van der Waals surface area contributed by atoms with Crippen LogP contribution in [-0.4, -0.2) is 75.3 Å². The third kappa shape index (κ3) is 4.41. The molecule has 1 saturated heterocycles. The summed E-state index contributed by atoms with van der Waals surface area (Å²) >= 11 is 0. The molecule has 0 radical (unpaired) electrons. The number of hydrogen-bond acceptors (Lipinski definition) is 8. The SMILES string of the molecule is CCN(CC)c1nc(C)cc(C(=O)N2CCN(Cc3nonc3C)CC2)n1. The minimum absolute atomic E-state index is 0.0344. The number of anilines is 1. The van der Waals surface area contributed by atoms with Crippen molar-refractivity contribution in [2.75, 3.05) is 44.2 Å². The first-order valence-corrected chi connectivity index (χ1v) is 9.42. The number of carbonyl (C=O) groups excluding carboxylic acids is 1. The van der Waals surface area contributed by atoms with Crippen LogP contribution in [-0.2, 0) is 6.54 Å². The van der Waals surface area contributed by atoms with E-state index in [0.717, 1.165) is 43.3 Å². The van der Waals surface area contributed by atoms with E-state index in [1.165, 1.54) is 0 Å². The van der Waals surface area contributed by atoms with Gasteiger partial charge in [0.25, 0.3) is 5.91 Å². The molecule has 0 aromatic carbocycles. The molecule has 146 valence electrons. The first-order valence-electron chi connectivity index (χ1n) is 9.42. The number of amides is 1. The predicted octanol–water partition coefficient (Wildman–Crippen LogP) is 1.28. The lowest BCUT2D eigenvalue weighted by atomic mass is 10.2. The molecule has 0 saturated carbocycles. The van der Waals surface area contributed by atoms with Crippen molar-refractivity contribution in [2.24, 2.45) is 0 Å². The second kappa shape index (κ2) is 8.43. The first-order chi connectivity index (χ1) is 13.0. The van der Waals surface area contributed by atoms with Gasteiger partial charge in [0.1, 0.15) is 17.1 Å². The molecule has 0 unspecified atom stereocenters. The van der Waals surface area contributed by atoms with Gasteiger partial charge in [0.15, 0.2) is 0 Å². The summed E-state index contributed by atoms with van der Waals surface area (Å²) in [7, 11) is 0. The van der Waals surface area contributed by atoms with E-state index in [-0.39, 0.29) is 5.91 Å². The average Bonchev–Trinajstić information content (AvgIpc) is 3.07. The van der Waals surface area contributed by atoms with Crippen molar-refractivity contribution >= 4 is 11.9 Å². The van der Waals surface area contributed by atoms with Crippen molar-refractivity contribution in [1.29, 1.82) is 0 Å². The quantitative estimate of drug-likeness (QED) is 0.748. The monoisotopic (exact) mass is 373 g/mol. The summed E-state index contributed by atoms with van der Waals surface area (Å²) in [5.41, 5.74) is 2.94. The number of nitrogens with zero attached hydrogens (tertiary/aromatic N) is 7. The highest BCUT2D eigenvalue weighted by Gasteiger charge is 2.25. The second-order valence-corrected chi connectivity index (χ2v) is 6.73. The Hall–Kier alpha value is -2.55. The molecule has 0 spiro atoms. The van der Waals surface area contributed by atoms with Crippen LogP contribution in [0.15, 0.2) is 10.7 Å². The summed E-state index contributed by atoms with van der Waals surface area (Å²) in [6.07, 6.45) is 0. The fourth-order valence-corrected chi connectivity index (χ4v) is 3.19. The van der Waals surface area contributed by atoms with Crippen LogP contribution in [0.3, 0.4) is 0 Å². The van der Waals surface area contributed by atoms with Crippen molar-refractivity contribution < 1.29 is 9.42 Å². The second-order valence-electron chi connectivity index (χ2n) is 6.73. The summed E-state index contributed by atoms with van der Waals surface area (Å²) < 4.78 is 4.75. The Kier molecular flexibility index (Phi) is 6.00. The Balaban J connectivity index is 1.64. The number of carbonyl (C=O) groups is 1. The lowest BCUT2D eigenvalue weighted by Gasteiger charge is -2.34. The largest absolute Gasteiger partial charge is 0.341 e. The summed E-state index contributed by atoms with van der Waals surface area (Å²) in [6.45, 7) is 13.1. The minimum Gasteiger partial charge on any atom is -0.341 e. The van der Waals surface area contributed by atoms with Crippen LogP contribution in [0.25, 0.3) is 0 Å². The Bertz CT molecular complexity index is 780. The van der Waals surface area contributed by atoms with Gasteiger partial charge < -0.3 is 9.80 Å². The summed E-state index contributed by atoms with van der Waals surface area (Å²) in [5, 5.41) is 7.75. The van der Waals surface area contributed by atoms with Gasteiger partial charge in [-0.3, -0.25) is 9.69 Å². The molecule has 3 rings (SSSR count). The van der Waals surface area contributed by atoms with Gasteiger partial charge >= 0.3 is 0 Å². The van der Waals surface area contributed by atoms with Crippen molar-refractivity contribution in [3.05, 3.63) is 28.8 Å². The Morgan fingerprint density at radius 1 is 1.11 bits per heavy atom. The van der Waals surface area contributed by atoms with E-state index in [4.69, 9.17) is 4.63 Å². The van der Waals surface area contributed by atoms with Crippen LogP contribution in [0.4, 0.5) is 5.95 Å². The van der Waals surface area contributed by atoms with Gasteiger partial charge in [-0.2, -0.15) is 0 Å². The van der Waals surface area contributed by atoms with Crippen molar-refractivity contribution in [3.8, 4) is 0 Å². The van der Waals surface area contributed by atoms with Gasteiger partial charge in [0, 0.05) is 51.5 Å². The molecule has 0 atom stereocenters. The van der Waals surface area contributed by atoms with Crippen LogP contribution in [0.2, 0.25) is 0 Å². The van der Waals surface area contributed by atoms with Gasteiger partial charge in [-0.15, -0.1) is 0 Å². The number of piperazine rings is 1. The van der Waals surface area contributed by atoms with Gasteiger partial charge in [-0.25, -0.2) is 14.6 Å². The maximum atomic E-state index is 12.9. The van der Waals surface area contributed by atoms with E-state index in [1.807, 2.05) is 18.7 Å². The zero-order valence-corrected chi connectivity index (χ0v) is 16.5. The van der Waals surface area contributed by atoms with Crippen molar-refractivity contribution in [1.82, 2.24) is 30.1 Å². The third-order valence-corrected chi connectivity index (χ3v) is 4.89. The predicted molar refractivity (Wildman–Crippen MR) is 101 cm³/mol. The van der Waals surface area contributed by atoms with E-state index in [9.17, 15) is 4.79 Å². The van der Waals surface area contributed by atoms with Crippen molar-refractivity contribution in [2.45, 2.75) is 34.2 Å². The molecule has 1 amide bonds. The molecule has 1 aliphatic rings. The molecule has 0 bridgehead atoms. The molecule has 2 aromatic rings. The molecule has 0 N–H and O–H groups in total. The van der Waals surface area contributed by atoms with Gasteiger partial charge in [0.2, 0.25) is 5.95 Å². The molecule has 9 nitrogen and oxygen atoms in total. The average molecular weight is 373 g/mol. The standard InChI is InChI=1S/C18H27N7O2/c1-5-24(6-2)18-19-13(3)11-15(20-18)17(26)25-9-7-23(8-10-25)12-16-14(4)21-27-22-16/h11H,5-10,12H2,1-4H3. The zero-order valence-electron chi connectivity index (χ0n) is 16.5. The highest BCUT2D eigenvalue weighted by atomic mass is 16.6. The zero-order chi connectivity index (χ0) is 19.4. The van der Waals surface area contributed by atoms with Gasteiger partial charge in [-0.05, 0) is 33.8 Å². The molecule has 1 fully saturated rings.